The average Bonchev–Trinajstić information content (AvgIpc) is 2.98. The smallest absolute Gasteiger partial charge is 0.189 e. The fourth-order valence-electron chi connectivity index (χ4n) is 2.92. The third-order valence-electron chi connectivity index (χ3n) is 4.29. The molecule has 0 bridgehead atoms. The highest BCUT2D eigenvalue weighted by molar-refractivity contribution is 5.06. The monoisotopic (exact) mass is 289 g/mol. The minimum Gasteiger partial charge on any atom is -0.240 e. The highest BCUT2D eigenvalue weighted by Crippen LogP contribution is 2.24. The first-order chi connectivity index (χ1) is 10.3. The first kappa shape index (κ1) is 17.8. The number of hydrogen-bond acceptors (Lipinski definition) is 2. The topological polar surface area (TPSA) is 41.6 Å². The summed E-state index contributed by atoms with van der Waals surface area (Å²) in [6.07, 6.45) is 20.1. The summed E-state index contributed by atoms with van der Waals surface area (Å²) in [6.45, 7) is 4.45. The molecule has 0 N–H and O–H groups in total. The van der Waals surface area contributed by atoms with Crippen LogP contribution < -0.4 is 0 Å². The van der Waals surface area contributed by atoms with Crippen LogP contribution in [-0.2, 0) is 0 Å². The van der Waals surface area contributed by atoms with Crippen LogP contribution in [0.25, 0.3) is 0 Å². The van der Waals surface area contributed by atoms with Gasteiger partial charge in [-0.2, -0.15) is 5.26 Å². The van der Waals surface area contributed by atoms with Crippen LogP contribution in [-0.4, -0.2) is 9.55 Å². The van der Waals surface area contributed by atoms with E-state index in [1.807, 2.05) is 0 Å². The van der Waals surface area contributed by atoms with Crippen molar-refractivity contribution >= 4 is 0 Å². The lowest BCUT2D eigenvalue weighted by atomic mass is 9.97. The number of rotatable bonds is 12. The molecular formula is C18H31N3. The van der Waals surface area contributed by atoms with Crippen LogP contribution in [0, 0.1) is 11.5 Å². The van der Waals surface area contributed by atoms with Gasteiger partial charge >= 0.3 is 0 Å². The van der Waals surface area contributed by atoms with Gasteiger partial charge in [0.25, 0.3) is 0 Å². The second-order valence-corrected chi connectivity index (χ2v) is 5.98. The molecule has 1 rings (SSSR count). The Balaban J connectivity index is 2.12. The van der Waals surface area contributed by atoms with E-state index in [-0.39, 0.29) is 0 Å². The zero-order valence-electron chi connectivity index (χ0n) is 13.9. The third-order valence-corrected chi connectivity index (χ3v) is 4.29. The molecule has 0 aliphatic rings. The van der Waals surface area contributed by atoms with Gasteiger partial charge in [0.2, 0.25) is 0 Å². The van der Waals surface area contributed by atoms with Gasteiger partial charge in [0.1, 0.15) is 5.82 Å². The van der Waals surface area contributed by atoms with Crippen LogP contribution in [0.1, 0.15) is 96.2 Å². The molecule has 3 nitrogen and oxygen atoms in total. The van der Waals surface area contributed by atoms with E-state index in [2.05, 4.69) is 25.0 Å². The van der Waals surface area contributed by atoms with Crippen molar-refractivity contribution in [3.63, 3.8) is 0 Å². The number of unbranched alkanes of at least 4 members (excludes halogenated alkanes) is 8. The standard InChI is InChI=1S/C18H31N3/c1-3-5-6-7-8-9-10-11-12-13-17(4-2)18-20-14-15-21(18)16-19/h14-15,17H,3-13H2,1-2H3. The highest BCUT2D eigenvalue weighted by Gasteiger charge is 2.14. The van der Waals surface area contributed by atoms with Crippen molar-refractivity contribution in [2.24, 2.45) is 0 Å². The largest absolute Gasteiger partial charge is 0.240 e. The van der Waals surface area contributed by atoms with Crippen molar-refractivity contribution in [1.82, 2.24) is 9.55 Å². The van der Waals surface area contributed by atoms with E-state index in [1.54, 1.807) is 17.0 Å². The summed E-state index contributed by atoms with van der Waals surface area (Å²) in [5, 5.41) is 9.05. The van der Waals surface area contributed by atoms with Crippen LogP contribution in [0.4, 0.5) is 0 Å². The Bertz CT molecular complexity index is 403. The second-order valence-electron chi connectivity index (χ2n) is 5.98. The Kier molecular flexibility index (Phi) is 9.61. The van der Waals surface area contributed by atoms with Gasteiger partial charge < -0.3 is 0 Å². The fourth-order valence-corrected chi connectivity index (χ4v) is 2.92. The molecule has 0 fully saturated rings. The van der Waals surface area contributed by atoms with Crippen LogP contribution in [0.15, 0.2) is 12.4 Å². The van der Waals surface area contributed by atoms with E-state index in [4.69, 9.17) is 5.26 Å². The summed E-state index contributed by atoms with van der Waals surface area (Å²) in [6, 6.07) is 0. The lowest BCUT2D eigenvalue weighted by Crippen LogP contribution is -2.05. The number of aromatic nitrogens is 2. The van der Waals surface area contributed by atoms with Gasteiger partial charge in [-0.25, -0.2) is 9.55 Å². The molecule has 1 aromatic heterocycles. The SMILES string of the molecule is CCCCCCCCCCCC(CC)c1nccn1C#N. The number of nitrogens with zero attached hydrogens (tertiary/aromatic N) is 3. The van der Waals surface area contributed by atoms with Crippen molar-refractivity contribution in [3.05, 3.63) is 18.2 Å². The predicted molar refractivity (Wildman–Crippen MR) is 88.1 cm³/mol. The number of nitriles is 1. The molecule has 1 atom stereocenters. The first-order valence-corrected chi connectivity index (χ1v) is 8.76. The highest BCUT2D eigenvalue weighted by atomic mass is 15.1. The molecule has 1 aromatic rings. The molecule has 118 valence electrons. The molecule has 0 aliphatic carbocycles. The van der Waals surface area contributed by atoms with Crippen molar-refractivity contribution < 1.29 is 0 Å². The Morgan fingerprint density at radius 2 is 1.67 bits per heavy atom. The second kappa shape index (κ2) is 11.4. The lowest BCUT2D eigenvalue weighted by Gasteiger charge is -2.13. The van der Waals surface area contributed by atoms with Gasteiger partial charge in [-0.1, -0.05) is 71.6 Å². The molecule has 0 radical (unpaired) electrons. The van der Waals surface area contributed by atoms with Crippen LogP contribution in [0.3, 0.4) is 0 Å². The van der Waals surface area contributed by atoms with Gasteiger partial charge in [0, 0.05) is 18.3 Å². The maximum absolute atomic E-state index is 9.05. The van der Waals surface area contributed by atoms with Crippen LogP contribution >= 0.6 is 0 Å². The summed E-state index contributed by atoms with van der Waals surface area (Å²) in [5.41, 5.74) is 0. The van der Waals surface area contributed by atoms with Gasteiger partial charge in [0.15, 0.2) is 6.19 Å². The zero-order valence-corrected chi connectivity index (χ0v) is 13.9. The van der Waals surface area contributed by atoms with E-state index in [9.17, 15) is 0 Å². The van der Waals surface area contributed by atoms with Crippen molar-refractivity contribution in [2.75, 3.05) is 0 Å². The molecular weight excluding hydrogens is 258 g/mol. The molecule has 0 saturated carbocycles. The van der Waals surface area contributed by atoms with Gasteiger partial charge in [-0.05, 0) is 12.8 Å². The Hall–Kier alpha value is -1.30. The quantitative estimate of drug-likeness (QED) is 0.468. The molecule has 0 aliphatic heterocycles. The number of imidazole rings is 1. The van der Waals surface area contributed by atoms with Crippen molar-refractivity contribution in [1.29, 1.82) is 5.26 Å². The molecule has 0 amide bonds. The molecule has 0 saturated heterocycles. The lowest BCUT2D eigenvalue weighted by molar-refractivity contribution is 0.504. The predicted octanol–water partition coefficient (Wildman–Crippen LogP) is 5.63. The average molecular weight is 289 g/mol. The van der Waals surface area contributed by atoms with E-state index in [1.165, 1.54) is 57.8 Å². The van der Waals surface area contributed by atoms with Crippen LogP contribution in [0.2, 0.25) is 0 Å². The summed E-state index contributed by atoms with van der Waals surface area (Å²) in [7, 11) is 0. The Morgan fingerprint density at radius 1 is 1.05 bits per heavy atom. The maximum Gasteiger partial charge on any atom is 0.189 e. The molecule has 21 heavy (non-hydrogen) atoms. The summed E-state index contributed by atoms with van der Waals surface area (Å²) >= 11 is 0. The van der Waals surface area contributed by atoms with E-state index < -0.39 is 0 Å². The third kappa shape index (κ3) is 6.80. The minimum absolute atomic E-state index is 0.434. The molecule has 1 heterocycles. The first-order valence-electron chi connectivity index (χ1n) is 8.76. The van der Waals surface area contributed by atoms with Gasteiger partial charge in [0.05, 0.1) is 0 Å². The summed E-state index contributed by atoms with van der Waals surface area (Å²) < 4.78 is 1.61. The maximum atomic E-state index is 9.05. The van der Waals surface area contributed by atoms with Crippen molar-refractivity contribution in [3.8, 4) is 6.19 Å². The summed E-state index contributed by atoms with van der Waals surface area (Å²) in [5.74, 6) is 1.38. The van der Waals surface area contributed by atoms with Crippen LogP contribution in [0.5, 0.6) is 0 Å². The minimum atomic E-state index is 0.434. The zero-order chi connectivity index (χ0) is 15.3. The van der Waals surface area contributed by atoms with Crippen molar-refractivity contribution in [2.45, 2.75) is 90.4 Å². The molecule has 1 unspecified atom stereocenters. The Morgan fingerprint density at radius 3 is 2.24 bits per heavy atom. The van der Waals surface area contributed by atoms with E-state index in [0.29, 0.717) is 5.92 Å². The van der Waals surface area contributed by atoms with Gasteiger partial charge in [-0.15, -0.1) is 0 Å². The Labute approximate surface area is 130 Å². The molecule has 0 aromatic carbocycles. The molecule has 3 heteroatoms. The fraction of sp³-hybridized carbons (Fsp3) is 0.778. The number of hydrogen-bond donors (Lipinski definition) is 0. The van der Waals surface area contributed by atoms with E-state index in [0.717, 1.165) is 18.7 Å². The molecule has 0 spiro atoms. The normalized spacial score (nSPS) is 12.2. The van der Waals surface area contributed by atoms with Gasteiger partial charge in [-0.3, -0.25) is 0 Å². The summed E-state index contributed by atoms with van der Waals surface area (Å²) in [4.78, 5) is 4.36. The van der Waals surface area contributed by atoms with E-state index >= 15 is 0 Å².